The Hall–Kier alpha value is 0.150. The SMILES string of the molecule is OCCON(CCS)OCCO. The highest BCUT2D eigenvalue weighted by Gasteiger charge is 2.03. The van der Waals surface area contributed by atoms with Crippen molar-refractivity contribution in [1.82, 2.24) is 5.23 Å². The Balaban J connectivity index is 3.40. The van der Waals surface area contributed by atoms with Crippen molar-refractivity contribution in [2.75, 3.05) is 38.7 Å². The molecule has 5 nitrogen and oxygen atoms in total. The highest BCUT2D eigenvalue weighted by atomic mass is 32.1. The topological polar surface area (TPSA) is 62.2 Å². The third kappa shape index (κ3) is 6.84. The van der Waals surface area contributed by atoms with Crippen LogP contribution >= 0.6 is 12.6 Å². The molecule has 0 bridgehead atoms. The maximum absolute atomic E-state index is 8.43. The second-order valence-corrected chi connectivity index (χ2v) is 2.34. The lowest BCUT2D eigenvalue weighted by molar-refractivity contribution is -0.368. The van der Waals surface area contributed by atoms with Gasteiger partial charge in [0.05, 0.1) is 33.0 Å². The van der Waals surface area contributed by atoms with Crippen LogP contribution in [0.25, 0.3) is 0 Å². The predicted molar refractivity (Wildman–Crippen MR) is 46.6 cm³/mol. The summed E-state index contributed by atoms with van der Waals surface area (Å²) in [5.41, 5.74) is 0. The van der Waals surface area contributed by atoms with Crippen molar-refractivity contribution in [3.8, 4) is 0 Å². The van der Waals surface area contributed by atoms with Gasteiger partial charge in [0.2, 0.25) is 0 Å². The van der Waals surface area contributed by atoms with Crippen molar-refractivity contribution in [3.63, 3.8) is 0 Å². The summed E-state index contributed by atoms with van der Waals surface area (Å²) in [6.07, 6.45) is 0. The molecular weight excluding hydrogens is 182 g/mol. The second-order valence-electron chi connectivity index (χ2n) is 1.89. The van der Waals surface area contributed by atoms with E-state index in [1.165, 1.54) is 5.23 Å². The monoisotopic (exact) mass is 197 g/mol. The van der Waals surface area contributed by atoms with Gasteiger partial charge >= 0.3 is 0 Å². The molecule has 74 valence electrons. The zero-order chi connectivity index (χ0) is 9.23. The van der Waals surface area contributed by atoms with E-state index in [2.05, 4.69) is 12.6 Å². The standard InChI is InChI=1S/C6H15NO4S/c8-2-4-10-7(1-6-12)11-5-3-9/h8-9,12H,1-6H2. The van der Waals surface area contributed by atoms with E-state index in [0.29, 0.717) is 12.3 Å². The minimum absolute atomic E-state index is 0.0639. The number of hydrogen-bond acceptors (Lipinski definition) is 6. The summed E-state index contributed by atoms with van der Waals surface area (Å²) in [5.74, 6) is 0.580. The van der Waals surface area contributed by atoms with E-state index < -0.39 is 0 Å². The van der Waals surface area contributed by atoms with Crippen molar-refractivity contribution in [2.24, 2.45) is 0 Å². The molecule has 0 saturated carbocycles. The number of nitrogens with zero attached hydrogens (tertiary/aromatic N) is 1. The molecule has 6 heteroatoms. The lowest BCUT2D eigenvalue weighted by Gasteiger charge is -2.18. The minimum atomic E-state index is -0.0639. The maximum atomic E-state index is 8.43. The van der Waals surface area contributed by atoms with Gasteiger partial charge in [0, 0.05) is 5.75 Å². The number of rotatable bonds is 8. The van der Waals surface area contributed by atoms with Crippen molar-refractivity contribution < 1.29 is 19.9 Å². The van der Waals surface area contributed by atoms with Crippen LogP contribution in [0.3, 0.4) is 0 Å². The molecule has 0 aromatic carbocycles. The summed E-state index contributed by atoms with van der Waals surface area (Å²) in [4.78, 5) is 9.87. The van der Waals surface area contributed by atoms with Crippen LogP contribution in [-0.2, 0) is 9.68 Å². The van der Waals surface area contributed by atoms with Gasteiger partial charge in [-0.2, -0.15) is 12.6 Å². The Bertz CT molecular complexity index is 87.6. The van der Waals surface area contributed by atoms with Gasteiger partial charge in [-0.25, -0.2) is 0 Å². The summed E-state index contributed by atoms with van der Waals surface area (Å²) in [5, 5.41) is 18.1. The maximum Gasteiger partial charge on any atom is 0.0942 e. The Labute approximate surface area is 77.2 Å². The highest BCUT2D eigenvalue weighted by Crippen LogP contribution is 1.92. The highest BCUT2D eigenvalue weighted by molar-refractivity contribution is 7.80. The molecule has 0 aromatic rings. The molecule has 0 amide bonds. The van der Waals surface area contributed by atoms with Gasteiger partial charge < -0.3 is 10.2 Å². The largest absolute Gasteiger partial charge is 0.394 e. The third-order valence-electron chi connectivity index (χ3n) is 0.936. The van der Waals surface area contributed by atoms with Crippen LogP contribution in [0.5, 0.6) is 0 Å². The smallest absolute Gasteiger partial charge is 0.0942 e. The first kappa shape index (κ1) is 12.2. The van der Waals surface area contributed by atoms with Crippen LogP contribution in [0.1, 0.15) is 0 Å². The summed E-state index contributed by atoms with van der Waals surface area (Å²) in [6.45, 7) is 0.721. The molecule has 0 aliphatic heterocycles. The Morgan fingerprint density at radius 3 is 1.92 bits per heavy atom. The Kier molecular flexibility index (Phi) is 9.36. The van der Waals surface area contributed by atoms with E-state index >= 15 is 0 Å². The zero-order valence-electron chi connectivity index (χ0n) is 6.85. The van der Waals surface area contributed by atoms with E-state index in [0.717, 1.165) is 0 Å². The van der Waals surface area contributed by atoms with Gasteiger partial charge in [-0.15, -0.1) is 0 Å². The number of aliphatic hydroxyl groups excluding tert-OH is 2. The van der Waals surface area contributed by atoms with Gasteiger partial charge in [-0.05, 0) is 0 Å². The van der Waals surface area contributed by atoms with Gasteiger partial charge in [0.15, 0.2) is 0 Å². The molecule has 0 heterocycles. The van der Waals surface area contributed by atoms with E-state index in [-0.39, 0.29) is 26.4 Å². The quantitative estimate of drug-likeness (QED) is 0.346. The molecule has 0 aliphatic carbocycles. The molecule has 0 aliphatic rings. The summed E-state index contributed by atoms with van der Waals surface area (Å²) in [7, 11) is 0. The van der Waals surface area contributed by atoms with Gasteiger partial charge in [-0.1, -0.05) is 5.23 Å². The normalized spacial score (nSPS) is 11.0. The second kappa shape index (κ2) is 9.24. The van der Waals surface area contributed by atoms with Gasteiger partial charge in [0.25, 0.3) is 0 Å². The van der Waals surface area contributed by atoms with Crippen molar-refractivity contribution in [2.45, 2.75) is 0 Å². The third-order valence-corrected chi connectivity index (χ3v) is 1.14. The van der Waals surface area contributed by atoms with E-state index in [9.17, 15) is 0 Å². The van der Waals surface area contributed by atoms with E-state index in [1.54, 1.807) is 0 Å². The fraction of sp³-hybridized carbons (Fsp3) is 1.00. The van der Waals surface area contributed by atoms with Crippen LogP contribution in [0.15, 0.2) is 0 Å². The summed E-state index contributed by atoms with van der Waals surface area (Å²) >= 11 is 3.98. The lowest BCUT2D eigenvalue weighted by Crippen LogP contribution is -2.29. The minimum Gasteiger partial charge on any atom is -0.394 e. The average molecular weight is 197 g/mol. The Morgan fingerprint density at radius 2 is 1.58 bits per heavy atom. The van der Waals surface area contributed by atoms with Crippen molar-refractivity contribution >= 4 is 12.6 Å². The Morgan fingerprint density at radius 1 is 1.08 bits per heavy atom. The zero-order valence-corrected chi connectivity index (χ0v) is 7.74. The molecule has 0 radical (unpaired) electrons. The summed E-state index contributed by atoms with van der Waals surface area (Å²) in [6, 6.07) is 0. The molecule has 0 fully saturated rings. The molecule has 0 saturated heterocycles. The molecular formula is C6H15NO4S. The van der Waals surface area contributed by atoms with Gasteiger partial charge in [-0.3, -0.25) is 9.68 Å². The lowest BCUT2D eigenvalue weighted by atomic mass is 10.8. The van der Waals surface area contributed by atoms with Crippen LogP contribution < -0.4 is 0 Å². The predicted octanol–water partition coefficient (Wildman–Crippen LogP) is -0.934. The van der Waals surface area contributed by atoms with Crippen molar-refractivity contribution in [1.29, 1.82) is 0 Å². The van der Waals surface area contributed by atoms with Crippen LogP contribution in [0, 0.1) is 0 Å². The fourth-order valence-corrected chi connectivity index (χ4v) is 0.697. The first-order valence-corrected chi connectivity index (χ1v) is 4.34. The first-order valence-electron chi connectivity index (χ1n) is 3.71. The number of aliphatic hydroxyl groups is 2. The molecule has 0 aromatic heterocycles. The van der Waals surface area contributed by atoms with Crippen LogP contribution in [-0.4, -0.2) is 54.2 Å². The van der Waals surface area contributed by atoms with Gasteiger partial charge in [0.1, 0.15) is 0 Å². The van der Waals surface area contributed by atoms with Crippen LogP contribution in [0.4, 0.5) is 0 Å². The molecule has 0 unspecified atom stereocenters. The van der Waals surface area contributed by atoms with E-state index in [1.807, 2.05) is 0 Å². The molecule has 0 atom stereocenters. The first-order chi connectivity index (χ1) is 5.85. The van der Waals surface area contributed by atoms with Crippen LogP contribution in [0.2, 0.25) is 0 Å². The molecule has 0 spiro atoms. The summed E-state index contributed by atoms with van der Waals surface area (Å²) < 4.78 is 0. The molecule has 0 rings (SSSR count). The molecule has 12 heavy (non-hydrogen) atoms. The molecule has 2 N–H and O–H groups in total. The van der Waals surface area contributed by atoms with Crippen molar-refractivity contribution in [3.05, 3.63) is 0 Å². The van der Waals surface area contributed by atoms with E-state index in [4.69, 9.17) is 19.9 Å². The number of thiol groups is 1. The average Bonchev–Trinajstić information content (AvgIpc) is 2.10. The number of hydroxylamine groups is 2. The number of hydrogen-bond donors (Lipinski definition) is 3. The fourth-order valence-electron chi connectivity index (χ4n) is 0.533.